The zero-order valence-electron chi connectivity index (χ0n) is 23.3. The van der Waals surface area contributed by atoms with Crippen LogP contribution in [0.3, 0.4) is 0 Å². The first-order chi connectivity index (χ1) is 20.5. The molecule has 4 atom stereocenters. The lowest BCUT2D eigenvalue weighted by Crippen LogP contribution is -2.53. The molecule has 0 saturated carbocycles. The van der Waals surface area contributed by atoms with E-state index in [4.69, 9.17) is 18.9 Å². The molecule has 2 saturated heterocycles. The molecule has 2 bridgehead atoms. The van der Waals surface area contributed by atoms with Gasteiger partial charge in [0.15, 0.2) is 6.23 Å². The van der Waals surface area contributed by atoms with Gasteiger partial charge >= 0.3 is 5.69 Å². The summed E-state index contributed by atoms with van der Waals surface area (Å²) in [7, 11) is 0. The van der Waals surface area contributed by atoms with Gasteiger partial charge in [0.05, 0.1) is 26.4 Å². The molecule has 3 aromatic carbocycles. The topological polar surface area (TPSA) is 101 Å². The number of nitrogens with one attached hydrogen (secondary N) is 1. The number of amides is 1. The Balaban J connectivity index is 1.26. The SMILES string of the molecule is Cc1cn([C@@H]2O[C@@]3(COCc4ccccc4)CCO[C@@H]2[C@@H]3OCc2ccccc2)c(=O)nc1NC(=O)c1ccccc1. The Kier molecular flexibility index (Phi) is 8.25. The summed E-state index contributed by atoms with van der Waals surface area (Å²) in [6.45, 7) is 3.27. The number of hydrogen-bond acceptors (Lipinski definition) is 7. The maximum absolute atomic E-state index is 13.4. The number of aromatic nitrogens is 2. The first kappa shape index (κ1) is 28.0. The van der Waals surface area contributed by atoms with Crippen molar-refractivity contribution in [3.05, 3.63) is 130 Å². The fourth-order valence-corrected chi connectivity index (χ4v) is 5.53. The molecule has 3 heterocycles. The van der Waals surface area contributed by atoms with Crippen molar-refractivity contribution in [1.29, 1.82) is 0 Å². The van der Waals surface area contributed by atoms with E-state index in [1.54, 1.807) is 37.4 Å². The zero-order chi connectivity index (χ0) is 28.9. The number of fused-ring (bicyclic) bond motifs is 2. The third-order valence-corrected chi connectivity index (χ3v) is 7.70. The molecule has 6 rings (SSSR count). The van der Waals surface area contributed by atoms with E-state index in [-0.39, 0.29) is 18.3 Å². The molecule has 0 aliphatic carbocycles. The van der Waals surface area contributed by atoms with Gasteiger partial charge in [-0.15, -0.1) is 0 Å². The van der Waals surface area contributed by atoms with E-state index in [1.165, 1.54) is 4.57 Å². The summed E-state index contributed by atoms with van der Waals surface area (Å²) < 4.78 is 27.0. The summed E-state index contributed by atoms with van der Waals surface area (Å²) in [5.74, 6) is -0.145. The highest BCUT2D eigenvalue weighted by molar-refractivity contribution is 6.04. The number of anilines is 1. The van der Waals surface area contributed by atoms with Crippen molar-refractivity contribution in [1.82, 2.24) is 9.55 Å². The highest BCUT2D eigenvalue weighted by Gasteiger charge is 2.60. The summed E-state index contributed by atoms with van der Waals surface area (Å²) in [4.78, 5) is 30.3. The summed E-state index contributed by atoms with van der Waals surface area (Å²) >= 11 is 0. The number of aryl methyl sites for hydroxylation is 1. The maximum atomic E-state index is 13.4. The normalized spacial score (nSPS) is 23.0. The molecule has 0 radical (unpaired) electrons. The first-order valence-electron chi connectivity index (χ1n) is 14.1. The zero-order valence-corrected chi connectivity index (χ0v) is 23.3. The summed E-state index contributed by atoms with van der Waals surface area (Å²) in [5, 5.41) is 2.75. The molecule has 2 fully saturated rings. The van der Waals surface area contributed by atoms with Gasteiger partial charge in [-0.3, -0.25) is 9.36 Å². The Morgan fingerprint density at radius 2 is 1.62 bits per heavy atom. The molecule has 0 unspecified atom stereocenters. The van der Waals surface area contributed by atoms with Gasteiger partial charge in [-0.1, -0.05) is 78.9 Å². The molecule has 9 heteroatoms. The van der Waals surface area contributed by atoms with Gasteiger partial charge in [-0.2, -0.15) is 4.98 Å². The average Bonchev–Trinajstić information content (AvgIpc) is 3.18. The smallest absolute Gasteiger partial charge is 0.351 e. The molecule has 216 valence electrons. The summed E-state index contributed by atoms with van der Waals surface area (Å²) in [5.41, 5.74) is 1.77. The van der Waals surface area contributed by atoms with Gasteiger partial charge in [-0.25, -0.2) is 4.79 Å². The van der Waals surface area contributed by atoms with Crippen molar-refractivity contribution in [2.75, 3.05) is 18.5 Å². The molecular formula is C33H33N3O6. The highest BCUT2D eigenvalue weighted by Crippen LogP contribution is 2.46. The summed E-state index contributed by atoms with van der Waals surface area (Å²) in [6, 6.07) is 28.6. The van der Waals surface area contributed by atoms with Crippen LogP contribution in [0.25, 0.3) is 0 Å². The lowest BCUT2D eigenvalue weighted by atomic mass is 9.90. The first-order valence-corrected chi connectivity index (χ1v) is 14.1. The minimum Gasteiger partial charge on any atom is -0.374 e. The van der Waals surface area contributed by atoms with E-state index in [2.05, 4.69) is 10.3 Å². The van der Waals surface area contributed by atoms with E-state index in [0.717, 1.165) is 11.1 Å². The molecule has 2 aliphatic rings. The second kappa shape index (κ2) is 12.4. The third-order valence-electron chi connectivity index (χ3n) is 7.70. The highest BCUT2D eigenvalue weighted by atomic mass is 16.6. The lowest BCUT2D eigenvalue weighted by molar-refractivity contribution is -0.178. The van der Waals surface area contributed by atoms with E-state index in [1.807, 2.05) is 66.7 Å². The molecule has 2 aliphatic heterocycles. The number of rotatable bonds is 10. The number of hydrogen-bond donors (Lipinski definition) is 1. The molecule has 1 aromatic heterocycles. The van der Waals surface area contributed by atoms with Crippen molar-refractivity contribution >= 4 is 11.7 Å². The Morgan fingerprint density at radius 3 is 2.31 bits per heavy atom. The molecule has 9 nitrogen and oxygen atoms in total. The number of ether oxygens (including phenoxy) is 4. The van der Waals surface area contributed by atoms with Gasteiger partial charge < -0.3 is 24.3 Å². The Bertz CT molecular complexity index is 1560. The van der Waals surface area contributed by atoms with Crippen LogP contribution in [0.1, 0.15) is 39.7 Å². The second-order valence-electron chi connectivity index (χ2n) is 10.6. The monoisotopic (exact) mass is 567 g/mol. The molecule has 0 spiro atoms. The number of carbonyl (C=O) groups is 1. The predicted molar refractivity (Wildman–Crippen MR) is 156 cm³/mol. The predicted octanol–water partition coefficient (Wildman–Crippen LogP) is 4.66. The molecular weight excluding hydrogens is 534 g/mol. The van der Waals surface area contributed by atoms with Crippen molar-refractivity contribution in [3.8, 4) is 0 Å². The van der Waals surface area contributed by atoms with Crippen molar-refractivity contribution in [2.45, 2.75) is 50.6 Å². The van der Waals surface area contributed by atoms with Crippen LogP contribution in [-0.4, -0.2) is 46.5 Å². The lowest BCUT2D eigenvalue weighted by Gasteiger charge is -2.38. The van der Waals surface area contributed by atoms with Crippen LogP contribution in [0, 0.1) is 6.92 Å². The Labute approximate surface area is 244 Å². The molecule has 4 aromatic rings. The Morgan fingerprint density at radius 1 is 0.976 bits per heavy atom. The van der Waals surface area contributed by atoms with Gasteiger partial charge in [0.25, 0.3) is 5.91 Å². The van der Waals surface area contributed by atoms with Gasteiger partial charge in [0, 0.05) is 23.7 Å². The molecule has 42 heavy (non-hydrogen) atoms. The standard InChI is InChI=1S/C33H33N3O6/c1-23-19-36(32(38)35-29(23)34-30(37)26-15-9-4-10-16-26)31-27-28(41-21-25-13-7-3-8-14-25)33(42-31,17-18-40-27)22-39-20-24-11-5-2-6-12-24/h2-16,19,27-28,31H,17-18,20-22H2,1H3,(H,34,35,37,38)/t27-,28+,31-,33-/m1/s1. The van der Waals surface area contributed by atoms with E-state index < -0.39 is 29.7 Å². The fraction of sp³-hybridized carbons (Fsp3) is 0.303. The largest absolute Gasteiger partial charge is 0.374 e. The van der Waals surface area contributed by atoms with Crippen molar-refractivity contribution in [2.24, 2.45) is 0 Å². The quantitative estimate of drug-likeness (QED) is 0.297. The van der Waals surface area contributed by atoms with Gasteiger partial charge in [0.2, 0.25) is 0 Å². The van der Waals surface area contributed by atoms with Crippen LogP contribution in [0.5, 0.6) is 0 Å². The van der Waals surface area contributed by atoms with Crippen LogP contribution in [0.4, 0.5) is 5.82 Å². The molecule has 1 N–H and O–H groups in total. The summed E-state index contributed by atoms with van der Waals surface area (Å²) in [6.07, 6.45) is 0.354. The van der Waals surface area contributed by atoms with Crippen molar-refractivity contribution in [3.63, 3.8) is 0 Å². The average molecular weight is 568 g/mol. The Hall–Kier alpha value is -4.15. The number of benzene rings is 3. The van der Waals surface area contributed by atoms with Crippen LogP contribution >= 0.6 is 0 Å². The minimum absolute atomic E-state index is 0.199. The van der Waals surface area contributed by atoms with Crippen LogP contribution in [0.15, 0.2) is 102 Å². The minimum atomic E-state index is -0.829. The third kappa shape index (κ3) is 5.91. The van der Waals surface area contributed by atoms with Gasteiger partial charge in [0.1, 0.15) is 23.6 Å². The van der Waals surface area contributed by atoms with Crippen LogP contribution in [0.2, 0.25) is 0 Å². The number of carbonyl (C=O) groups excluding carboxylic acids is 1. The number of nitrogens with zero attached hydrogens (tertiary/aromatic N) is 2. The van der Waals surface area contributed by atoms with E-state index in [0.29, 0.717) is 37.4 Å². The van der Waals surface area contributed by atoms with Crippen molar-refractivity contribution < 1.29 is 23.7 Å². The van der Waals surface area contributed by atoms with E-state index in [9.17, 15) is 9.59 Å². The second-order valence-corrected chi connectivity index (χ2v) is 10.6. The van der Waals surface area contributed by atoms with Crippen LogP contribution < -0.4 is 11.0 Å². The fourth-order valence-electron chi connectivity index (χ4n) is 5.53. The van der Waals surface area contributed by atoms with E-state index >= 15 is 0 Å². The maximum Gasteiger partial charge on any atom is 0.351 e. The van der Waals surface area contributed by atoms with Gasteiger partial charge in [-0.05, 0) is 30.2 Å². The molecule has 1 amide bonds. The van der Waals surface area contributed by atoms with Crippen LogP contribution in [-0.2, 0) is 32.2 Å².